The standard InChI is InChI=1S/C10H18N2O/c1-9(2)6-11-10(3)5-4-8(13)12(10)7-9/h11H,4-7H2,1-3H3/t10-/m1/s1. The molecule has 3 heteroatoms. The Hall–Kier alpha value is -0.570. The molecule has 13 heavy (non-hydrogen) atoms. The van der Waals surface area contributed by atoms with E-state index in [1.54, 1.807) is 0 Å². The van der Waals surface area contributed by atoms with Crippen LogP contribution >= 0.6 is 0 Å². The third kappa shape index (κ3) is 1.35. The van der Waals surface area contributed by atoms with Gasteiger partial charge >= 0.3 is 0 Å². The predicted molar refractivity (Wildman–Crippen MR) is 51.1 cm³/mol. The van der Waals surface area contributed by atoms with Crippen molar-refractivity contribution >= 4 is 5.91 Å². The van der Waals surface area contributed by atoms with Crippen LogP contribution in [0.2, 0.25) is 0 Å². The summed E-state index contributed by atoms with van der Waals surface area (Å²) in [5.41, 5.74) is 0.173. The highest BCUT2D eigenvalue weighted by molar-refractivity contribution is 5.79. The quantitative estimate of drug-likeness (QED) is 0.605. The van der Waals surface area contributed by atoms with Crippen LogP contribution in [0.4, 0.5) is 0 Å². The molecule has 0 aromatic heterocycles. The molecule has 0 aliphatic carbocycles. The molecule has 1 amide bonds. The summed E-state index contributed by atoms with van der Waals surface area (Å²) in [5.74, 6) is 0.308. The first-order valence-electron chi connectivity index (χ1n) is 4.99. The number of amides is 1. The van der Waals surface area contributed by atoms with Crippen molar-refractivity contribution < 1.29 is 4.79 Å². The summed E-state index contributed by atoms with van der Waals surface area (Å²) in [6, 6.07) is 0. The maximum atomic E-state index is 11.6. The van der Waals surface area contributed by atoms with Gasteiger partial charge in [-0.3, -0.25) is 10.1 Å². The molecular formula is C10H18N2O. The molecule has 0 bridgehead atoms. The van der Waals surface area contributed by atoms with Crippen LogP contribution in [0, 0.1) is 5.41 Å². The fraction of sp³-hybridized carbons (Fsp3) is 0.900. The summed E-state index contributed by atoms with van der Waals surface area (Å²) < 4.78 is 0. The van der Waals surface area contributed by atoms with Crippen molar-refractivity contribution in [3.63, 3.8) is 0 Å². The van der Waals surface area contributed by atoms with Gasteiger partial charge in [0.2, 0.25) is 5.91 Å². The van der Waals surface area contributed by atoms with Crippen molar-refractivity contribution in [1.29, 1.82) is 0 Å². The second-order valence-electron chi connectivity index (χ2n) is 5.27. The molecule has 74 valence electrons. The average molecular weight is 182 g/mol. The topological polar surface area (TPSA) is 32.3 Å². The van der Waals surface area contributed by atoms with Crippen LogP contribution in [0.3, 0.4) is 0 Å². The zero-order valence-corrected chi connectivity index (χ0v) is 8.68. The molecule has 2 aliphatic rings. The van der Waals surface area contributed by atoms with Crippen molar-refractivity contribution in [2.45, 2.75) is 39.3 Å². The fourth-order valence-electron chi connectivity index (χ4n) is 2.26. The van der Waals surface area contributed by atoms with E-state index in [2.05, 4.69) is 26.1 Å². The fourth-order valence-corrected chi connectivity index (χ4v) is 2.26. The van der Waals surface area contributed by atoms with E-state index in [0.29, 0.717) is 12.3 Å². The summed E-state index contributed by atoms with van der Waals surface area (Å²) in [6.45, 7) is 8.44. The van der Waals surface area contributed by atoms with Crippen LogP contribution in [0.5, 0.6) is 0 Å². The Morgan fingerprint density at radius 1 is 1.38 bits per heavy atom. The molecule has 2 saturated heterocycles. The highest BCUT2D eigenvalue weighted by Gasteiger charge is 2.47. The Bertz CT molecular complexity index is 249. The second kappa shape index (κ2) is 2.47. The minimum atomic E-state index is -0.0490. The lowest BCUT2D eigenvalue weighted by Crippen LogP contribution is -2.63. The molecule has 0 spiro atoms. The maximum Gasteiger partial charge on any atom is 0.224 e. The van der Waals surface area contributed by atoms with Gasteiger partial charge < -0.3 is 4.90 Å². The number of carbonyl (C=O) groups excluding carboxylic acids is 1. The normalized spacial score (nSPS) is 37.8. The third-order valence-electron chi connectivity index (χ3n) is 3.26. The van der Waals surface area contributed by atoms with Crippen molar-refractivity contribution in [3.8, 4) is 0 Å². The van der Waals surface area contributed by atoms with Crippen LogP contribution in [0.15, 0.2) is 0 Å². The monoisotopic (exact) mass is 182 g/mol. The van der Waals surface area contributed by atoms with Gasteiger partial charge in [-0.15, -0.1) is 0 Å². The van der Waals surface area contributed by atoms with Crippen LogP contribution in [0.25, 0.3) is 0 Å². The van der Waals surface area contributed by atoms with E-state index in [4.69, 9.17) is 0 Å². The molecule has 0 aromatic rings. The highest BCUT2D eigenvalue weighted by atomic mass is 16.2. The summed E-state index contributed by atoms with van der Waals surface area (Å²) in [6.07, 6.45) is 1.67. The lowest BCUT2D eigenvalue weighted by atomic mass is 9.88. The van der Waals surface area contributed by atoms with Crippen LogP contribution in [-0.2, 0) is 4.79 Å². The van der Waals surface area contributed by atoms with Gasteiger partial charge in [0.15, 0.2) is 0 Å². The van der Waals surface area contributed by atoms with Gasteiger partial charge in [0, 0.05) is 19.5 Å². The van der Waals surface area contributed by atoms with Crippen LogP contribution in [-0.4, -0.2) is 29.6 Å². The molecular weight excluding hydrogens is 164 g/mol. The van der Waals surface area contributed by atoms with E-state index in [-0.39, 0.29) is 11.1 Å². The molecule has 2 rings (SSSR count). The van der Waals surface area contributed by atoms with E-state index >= 15 is 0 Å². The molecule has 0 saturated carbocycles. The Balaban J connectivity index is 2.22. The zero-order valence-electron chi connectivity index (χ0n) is 8.68. The Morgan fingerprint density at radius 2 is 2.08 bits per heavy atom. The van der Waals surface area contributed by atoms with Crippen molar-refractivity contribution in [3.05, 3.63) is 0 Å². The number of carbonyl (C=O) groups is 1. The predicted octanol–water partition coefficient (Wildman–Crippen LogP) is 0.954. The van der Waals surface area contributed by atoms with E-state index in [1.807, 2.05) is 4.90 Å². The summed E-state index contributed by atoms with van der Waals surface area (Å²) in [7, 11) is 0. The van der Waals surface area contributed by atoms with Gasteiger partial charge in [-0.1, -0.05) is 13.8 Å². The van der Waals surface area contributed by atoms with Crippen molar-refractivity contribution in [2.75, 3.05) is 13.1 Å². The van der Waals surface area contributed by atoms with Gasteiger partial charge in [0.25, 0.3) is 0 Å². The number of nitrogens with one attached hydrogen (secondary N) is 1. The summed E-state index contributed by atoms with van der Waals surface area (Å²) in [4.78, 5) is 13.6. The molecule has 1 atom stereocenters. The van der Waals surface area contributed by atoms with Crippen molar-refractivity contribution in [2.24, 2.45) is 5.41 Å². The average Bonchev–Trinajstić information content (AvgIpc) is 2.31. The molecule has 2 heterocycles. The maximum absolute atomic E-state index is 11.6. The van der Waals surface area contributed by atoms with Crippen LogP contribution in [0.1, 0.15) is 33.6 Å². The lowest BCUT2D eigenvalue weighted by Gasteiger charge is -2.47. The first-order chi connectivity index (χ1) is 5.93. The Kier molecular flexibility index (Phi) is 1.71. The van der Waals surface area contributed by atoms with Crippen molar-refractivity contribution in [1.82, 2.24) is 10.2 Å². The SMILES string of the molecule is CC1(C)CN[C@@]2(C)CCC(=O)N2C1. The van der Waals surface area contributed by atoms with Gasteiger partial charge in [-0.05, 0) is 18.8 Å². The van der Waals surface area contributed by atoms with Gasteiger partial charge in [0.05, 0.1) is 5.66 Å². The van der Waals surface area contributed by atoms with E-state index in [9.17, 15) is 4.79 Å². The molecule has 2 aliphatic heterocycles. The van der Waals surface area contributed by atoms with Gasteiger partial charge in [-0.2, -0.15) is 0 Å². The molecule has 1 N–H and O–H groups in total. The molecule has 0 radical (unpaired) electrons. The molecule has 2 fully saturated rings. The highest BCUT2D eigenvalue weighted by Crippen LogP contribution is 2.35. The zero-order chi connectivity index (χ0) is 9.69. The summed E-state index contributed by atoms with van der Waals surface area (Å²) >= 11 is 0. The molecule has 0 unspecified atom stereocenters. The number of hydrogen-bond donors (Lipinski definition) is 1. The Labute approximate surface area is 79.5 Å². The lowest BCUT2D eigenvalue weighted by molar-refractivity contribution is -0.136. The first-order valence-corrected chi connectivity index (χ1v) is 4.99. The smallest absolute Gasteiger partial charge is 0.224 e. The minimum absolute atomic E-state index is 0.0490. The first kappa shape index (κ1) is 9.00. The van der Waals surface area contributed by atoms with E-state index in [1.165, 1.54) is 0 Å². The second-order valence-corrected chi connectivity index (χ2v) is 5.27. The number of rotatable bonds is 0. The number of nitrogens with zero attached hydrogens (tertiary/aromatic N) is 1. The van der Waals surface area contributed by atoms with Gasteiger partial charge in [0.1, 0.15) is 0 Å². The Morgan fingerprint density at radius 3 is 2.77 bits per heavy atom. The number of hydrogen-bond acceptors (Lipinski definition) is 2. The largest absolute Gasteiger partial charge is 0.324 e. The third-order valence-corrected chi connectivity index (χ3v) is 3.26. The molecule has 3 nitrogen and oxygen atoms in total. The number of fused-ring (bicyclic) bond motifs is 1. The van der Waals surface area contributed by atoms with Gasteiger partial charge in [-0.25, -0.2) is 0 Å². The van der Waals surface area contributed by atoms with E-state index < -0.39 is 0 Å². The van der Waals surface area contributed by atoms with Crippen LogP contribution < -0.4 is 5.32 Å². The summed E-state index contributed by atoms with van der Waals surface area (Å²) in [5, 5.41) is 3.48. The van der Waals surface area contributed by atoms with E-state index in [0.717, 1.165) is 19.5 Å². The molecule has 0 aromatic carbocycles. The minimum Gasteiger partial charge on any atom is -0.324 e.